The van der Waals surface area contributed by atoms with Crippen LogP contribution < -0.4 is 0 Å². The lowest BCUT2D eigenvalue weighted by Gasteiger charge is -2.36. The van der Waals surface area contributed by atoms with Crippen molar-refractivity contribution >= 4 is 23.0 Å². The summed E-state index contributed by atoms with van der Waals surface area (Å²) in [7, 11) is 2.15. The summed E-state index contributed by atoms with van der Waals surface area (Å²) in [6.45, 7) is 0. The van der Waals surface area contributed by atoms with Crippen molar-refractivity contribution in [1.82, 2.24) is 4.90 Å². The molecule has 2 aliphatic rings. The molecular weight excluding hydrogens is 334 g/mol. The summed E-state index contributed by atoms with van der Waals surface area (Å²) in [6.07, 6.45) is 2.94. The summed E-state index contributed by atoms with van der Waals surface area (Å²) in [6, 6.07) is 10.0. The van der Waals surface area contributed by atoms with Crippen molar-refractivity contribution in [2.24, 2.45) is 0 Å². The highest BCUT2D eigenvalue weighted by Gasteiger charge is 2.40. The average Bonchev–Trinajstić information content (AvgIpc) is 2.69. The Labute approximate surface area is 135 Å². The lowest BCUT2D eigenvalue weighted by atomic mass is 10.0. The van der Waals surface area contributed by atoms with Crippen LogP contribution in [0.3, 0.4) is 0 Å². The van der Waals surface area contributed by atoms with Crippen molar-refractivity contribution in [3.05, 3.63) is 35.9 Å². The fraction of sp³-hybridized carbons (Fsp3) is 0.562. The van der Waals surface area contributed by atoms with Crippen LogP contribution in [0.4, 0.5) is 0 Å². The molecule has 4 atom stereocenters. The van der Waals surface area contributed by atoms with Crippen LogP contribution in [0.15, 0.2) is 30.3 Å². The van der Waals surface area contributed by atoms with Gasteiger partial charge in [0.05, 0.1) is 0 Å². The molecule has 21 heavy (non-hydrogen) atoms. The van der Waals surface area contributed by atoms with E-state index in [1.54, 1.807) is 12.1 Å². The molecule has 2 heterocycles. The zero-order valence-electron chi connectivity index (χ0n) is 12.1. The van der Waals surface area contributed by atoms with Gasteiger partial charge in [0, 0.05) is 12.1 Å². The summed E-state index contributed by atoms with van der Waals surface area (Å²) >= 11 is 0. The number of hydrogen-bond acceptors (Lipinski definition) is 4. The molecule has 2 aliphatic heterocycles. The minimum atomic E-state index is -1.17. The Bertz CT molecular complexity index is 468. The van der Waals surface area contributed by atoms with Crippen LogP contribution >= 0.6 is 17.0 Å². The van der Waals surface area contributed by atoms with Gasteiger partial charge in [0.25, 0.3) is 0 Å². The number of hydrogen-bond donors (Lipinski definition) is 1. The molecule has 1 aromatic rings. The van der Waals surface area contributed by atoms with Crippen LogP contribution in [0.2, 0.25) is 0 Å². The summed E-state index contributed by atoms with van der Waals surface area (Å²) in [4.78, 5) is 14.4. The predicted molar refractivity (Wildman–Crippen MR) is 85.4 cm³/mol. The zero-order chi connectivity index (χ0) is 14.1. The van der Waals surface area contributed by atoms with E-state index in [0.29, 0.717) is 17.6 Å². The minimum absolute atomic E-state index is 0. The molecule has 2 saturated heterocycles. The van der Waals surface area contributed by atoms with Crippen LogP contribution in [0.1, 0.15) is 37.4 Å². The van der Waals surface area contributed by atoms with E-state index in [-0.39, 0.29) is 23.1 Å². The quantitative estimate of drug-likeness (QED) is 0.846. The van der Waals surface area contributed by atoms with Gasteiger partial charge in [-0.05, 0) is 38.3 Å². The van der Waals surface area contributed by atoms with Crippen LogP contribution in [-0.4, -0.2) is 41.2 Å². The van der Waals surface area contributed by atoms with Crippen LogP contribution in [-0.2, 0) is 9.53 Å². The molecular formula is C16H22BrNO3. The van der Waals surface area contributed by atoms with Crippen LogP contribution in [0.25, 0.3) is 0 Å². The molecule has 0 amide bonds. The monoisotopic (exact) mass is 355 g/mol. The maximum atomic E-state index is 12.0. The Hall–Kier alpha value is -0.910. The Balaban J connectivity index is 0.00000161. The number of aliphatic hydroxyl groups excluding tert-OH is 1. The Morgan fingerprint density at radius 2 is 1.81 bits per heavy atom. The van der Waals surface area contributed by atoms with Gasteiger partial charge in [-0.15, -0.1) is 17.0 Å². The number of aliphatic hydroxyl groups is 1. The molecule has 0 radical (unpaired) electrons. The molecule has 2 bridgehead atoms. The molecule has 3 rings (SSSR count). The molecule has 4 nitrogen and oxygen atoms in total. The minimum Gasteiger partial charge on any atom is -0.460 e. The van der Waals surface area contributed by atoms with Gasteiger partial charge in [-0.2, -0.15) is 0 Å². The number of piperidine rings is 1. The van der Waals surface area contributed by atoms with Crippen molar-refractivity contribution < 1.29 is 14.6 Å². The van der Waals surface area contributed by atoms with Crippen molar-refractivity contribution in [1.29, 1.82) is 0 Å². The van der Waals surface area contributed by atoms with Gasteiger partial charge < -0.3 is 14.7 Å². The van der Waals surface area contributed by atoms with E-state index in [9.17, 15) is 9.90 Å². The molecule has 0 aromatic heterocycles. The highest BCUT2D eigenvalue weighted by Crippen LogP contribution is 2.35. The number of fused-ring (bicyclic) bond motifs is 2. The SMILES string of the molecule is Br.CN1C2CC[C@@H]1CC(OC(=O)C(O)c1ccccc1)C2. The molecule has 1 aromatic carbocycles. The van der Waals surface area contributed by atoms with Crippen molar-refractivity contribution in [3.8, 4) is 0 Å². The van der Waals surface area contributed by atoms with Gasteiger partial charge in [-0.1, -0.05) is 30.3 Å². The van der Waals surface area contributed by atoms with Crippen LogP contribution in [0.5, 0.6) is 0 Å². The van der Waals surface area contributed by atoms with Crippen LogP contribution in [0, 0.1) is 0 Å². The van der Waals surface area contributed by atoms with E-state index >= 15 is 0 Å². The Morgan fingerprint density at radius 1 is 1.24 bits per heavy atom. The fourth-order valence-corrected chi connectivity index (χ4v) is 3.46. The maximum Gasteiger partial charge on any atom is 0.339 e. The van der Waals surface area contributed by atoms with E-state index in [2.05, 4.69) is 11.9 Å². The second-order valence-corrected chi connectivity index (χ2v) is 5.89. The number of nitrogens with zero attached hydrogens (tertiary/aromatic N) is 1. The first-order valence-electron chi connectivity index (χ1n) is 7.30. The molecule has 2 fully saturated rings. The van der Waals surface area contributed by atoms with Gasteiger partial charge in [-0.3, -0.25) is 0 Å². The van der Waals surface area contributed by atoms with E-state index < -0.39 is 12.1 Å². The summed E-state index contributed by atoms with van der Waals surface area (Å²) in [5.41, 5.74) is 0.591. The molecule has 3 unspecified atom stereocenters. The lowest BCUT2D eigenvalue weighted by Crippen LogP contribution is -2.43. The third kappa shape index (κ3) is 3.47. The van der Waals surface area contributed by atoms with Gasteiger partial charge >= 0.3 is 5.97 Å². The highest BCUT2D eigenvalue weighted by atomic mass is 79.9. The molecule has 1 N–H and O–H groups in total. The van der Waals surface area contributed by atoms with Gasteiger partial charge in [0.1, 0.15) is 6.10 Å². The standard InChI is InChI=1S/C16H21NO3.BrH/c1-17-12-7-8-13(17)10-14(9-12)20-16(19)15(18)11-5-3-2-4-6-11;/h2-6,12-15,18H,7-10H2,1H3;1H/t12-,13?,14?,15?;/m1./s1. The average molecular weight is 356 g/mol. The number of esters is 1. The highest BCUT2D eigenvalue weighted by molar-refractivity contribution is 8.93. The number of ether oxygens (including phenoxy) is 1. The van der Waals surface area contributed by atoms with E-state index in [1.807, 2.05) is 18.2 Å². The molecule has 116 valence electrons. The summed E-state index contributed by atoms with van der Waals surface area (Å²) < 4.78 is 5.52. The molecule has 5 heteroatoms. The van der Waals surface area contributed by atoms with E-state index in [0.717, 1.165) is 12.8 Å². The smallest absolute Gasteiger partial charge is 0.339 e. The number of carbonyl (C=O) groups excluding carboxylic acids is 1. The first-order chi connectivity index (χ1) is 9.65. The summed E-state index contributed by atoms with van der Waals surface area (Å²) in [5.74, 6) is -0.523. The summed E-state index contributed by atoms with van der Waals surface area (Å²) in [5, 5.41) is 10.0. The third-order valence-corrected chi connectivity index (χ3v) is 4.68. The second kappa shape index (κ2) is 6.90. The first-order valence-corrected chi connectivity index (χ1v) is 7.30. The normalized spacial score (nSPS) is 29.5. The largest absolute Gasteiger partial charge is 0.460 e. The second-order valence-electron chi connectivity index (χ2n) is 5.89. The van der Waals surface area contributed by atoms with Crippen molar-refractivity contribution in [2.45, 2.75) is 50.0 Å². The number of carbonyl (C=O) groups is 1. The Morgan fingerprint density at radius 3 is 2.38 bits per heavy atom. The molecule has 0 spiro atoms. The zero-order valence-corrected chi connectivity index (χ0v) is 13.9. The molecule has 0 aliphatic carbocycles. The number of benzene rings is 1. The Kier molecular flexibility index (Phi) is 5.41. The van der Waals surface area contributed by atoms with Gasteiger partial charge in [-0.25, -0.2) is 4.79 Å². The fourth-order valence-electron chi connectivity index (χ4n) is 3.46. The lowest BCUT2D eigenvalue weighted by molar-refractivity contribution is -0.162. The first kappa shape index (κ1) is 16.5. The topological polar surface area (TPSA) is 49.8 Å². The van der Waals surface area contributed by atoms with Crippen molar-refractivity contribution in [2.75, 3.05) is 7.05 Å². The molecule has 0 saturated carbocycles. The van der Waals surface area contributed by atoms with E-state index in [4.69, 9.17) is 4.74 Å². The number of rotatable bonds is 3. The number of halogens is 1. The van der Waals surface area contributed by atoms with Gasteiger partial charge in [0.2, 0.25) is 0 Å². The third-order valence-electron chi connectivity index (χ3n) is 4.68. The maximum absolute atomic E-state index is 12.0. The van der Waals surface area contributed by atoms with Gasteiger partial charge in [0.15, 0.2) is 6.10 Å². The van der Waals surface area contributed by atoms with Crippen molar-refractivity contribution in [3.63, 3.8) is 0 Å². The van der Waals surface area contributed by atoms with E-state index in [1.165, 1.54) is 12.8 Å². The predicted octanol–water partition coefficient (Wildman–Crippen LogP) is 2.47.